The summed E-state index contributed by atoms with van der Waals surface area (Å²) in [6, 6.07) is 0. The predicted molar refractivity (Wildman–Crippen MR) is 93.0 cm³/mol. The number of aryl methyl sites for hydroxylation is 1. The van der Waals surface area contributed by atoms with E-state index in [1.807, 2.05) is 6.92 Å². The van der Waals surface area contributed by atoms with Crippen molar-refractivity contribution in [2.45, 2.75) is 58.2 Å². The van der Waals surface area contributed by atoms with Crippen LogP contribution in [0.1, 0.15) is 50.9 Å². The van der Waals surface area contributed by atoms with E-state index in [1.54, 1.807) is 0 Å². The van der Waals surface area contributed by atoms with Crippen LogP contribution in [0.4, 0.5) is 5.13 Å². The van der Waals surface area contributed by atoms with Gasteiger partial charge in [0, 0.05) is 12.5 Å². The maximum Gasteiger partial charge on any atom is 0.236 e. The van der Waals surface area contributed by atoms with Crippen LogP contribution in [0.2, 0.25) is 0 Å². The SMILES string of the molecule is CCCn1c(SCC(=O)Nc2nnc(CC)s2)nnc1C(C)C. The van der Waals surface area contributed by atoms with E-state index < -0.39 is 0 Å². The fourth-order valence-electron chi connectivity index (χ4n) is 2.00. The van der Waals surface area contributed by atoms with Crippen LogP contribution in [0.5, 0.6) is 0 Å². The molecular weight excluding hydrogens is 332 g/mol. The lowest BCUT2D eigenvalue weighted by molar-refractivity contribution is -0.113. The number of anilines is 1. The molecule has 0 aliphatic carbocycles. The van der Waals surface area contributed by atoms with Gasteiger partial charge in [-0.05, 0) is 12.8 Å². The van der Waals surface area contributed by atoms with Gasteiger partial charge in [0.2, 0.25) is 11.0 Å². The Balaban J connectivity index is 1.95. The van der Waals surface area contributed by atoms with Crippen LogP contribution in [-0.2, 0) is 17.8 Å². The van der Waals surface area contributed by atoms with E-state index in [0.717, 1.165) is 35.4 Å². The molecule has 1 amide bonds. The zero-order valence-electron chi connectivity index (χ0n) is 13.9. The lowest BCUT2D eigenvalue weighted by Gasteiger charge is -2.10. The van der Waals surface area contributed by atoms with Crippen LogP contribution in [0, 0.1) is 0 Å². The lowest BCUT2D eigenvalue weighted by Crippen LogP contribution is -2.15. The lowest BCUT2D eigenvalue weighted by atomic mass is 10.2. The van der Waals surface area contributed by atoms with Crippen molar-refractivity contribution in [1.82, 2.24) is 25.0 Å². The summed E-state index contributed by atoms with van der Waals surface area (Å²) in [6.45, 7) is 9.18. The number of nitrogens with zero attached hydrogens (tertiary/aromatic N) is 5. The Morgan fingerprint density at radius 1 is 1.26 bits per heavy atom. The van der Waals surface area contributed by atoms with Gasteiger partial charge in [0.15, 0.2) is 5.16 Å². The Morgan fingerprint density at radius 2 is 2.04 bits per heavy atom. The molecule has 0 atom stereocenters. The molecule has 0 aromatic carbocycles. The first-order chi connectivity index (χ1) is 11.0. The Labute approximate surface area is 144 Å². The number of carbonyl (C=O) groups excluding carboxylic acids is 1. The van der Waals surface area contributed by atoms with E-state index in [2.05, 4.69) is 51.0 Å². The number of rotatable bonds is 8. The molecule has 0 radical (unpaired) electrons. The van der Waals surface area contributed by atoms with E-state index in [4.69, 9.17) is 0 Å². The van der Waals surface area contributed by atoms with Gasteiger partial charge in [0.1, 0.15) is 10.8 Å². The normalized spacial score (nSPS) is 11.2. The third-order valence-electron chi connectivity index (χ3n) is 3.06. The van der Waals surface area contributed by atoms with Gasteiger partial charge in [-0.3, -0.25) is 10.1 Å². The predicted octanol–water partition coefficient (Wildman–Crippen LogP) is 2.96. The molecular formula is C14H22N6OS2. The molecule has 7 nitrogen and oxygen atoms in total. The van der Waals surface area contributed by atoms with Crippen molar-refractivity contribution in [1.29, 1.82) is 0 Å². The fourth-order valence-corrected chi connectivity index (χ4v) is 3.47. The highest BCUT2D eigenvalue weighted by Crippen LogP contribution is 2.22. The summed E-state index contributed by atoms with van der Waals surface area (Å²) in [5, 5.41) is 21.4. The number of thioether (sulfide) groups is 1. The van der Waals surface area contributed by atoms with Crippen LogP contribution in [0.15, 0.2) is 5.16 Å². The molecule has 0 spiro atoms. The second-order valence-electron chi connectivity index (χ2n) is 5.34. The molecule has 9 heteroatoms. The first-order valence-corrected chi connectivity index (χ1v) is 9.53. The third kappa shape index (κ3) is 4.74. The first kappa shape index (κ1) is 17.9. The van der Waals surface area contributed by atoms with Crippen LogP contribution >= 0.6 is 23.1 Å². The van der Waals surface area contributed by atoms with E-state index in [1.165, 1.54) is 23.1 Å². The van der Waals surface area contributed by atoms with Crippen LogP contribution in [0.25, 0.3) is 0 Å². The molecule has 2 aromatic heterocycles. The summed E-state index contributed by atoms with van der Waals surface area (Å²) < 4.78 is 2.10. The minimum Gasteiger partial charge on any atom is -0.306 e. The third-order valence-corrected chi connectivity index (χ3v) is 5.01. The van der Waals surface area contributed by atoms with Crippen molar-refractivity contribution in [3.63, 3.8) is 0 Å². The zero-order chi connectivity index (χ0) is 16.8. The second kappa shape index (κ2) is 8.39. The molecule has 0 fully saturated rings. The van der Waals surface area contributed by atoms with Gasteiger partial charge in [-0.2, -0.15) is 0 Å². The van der Waals surface area contributed by atoms with Gasteiger partial charge in [-0.25, -0.2) is 0 Å². The molecule has 0 saturated heterocycles. The largest absolute Gasteiger partial charge is 0.306 e. The first-order valence-electron chi connectivity index (χ1n) is 7.73. The molecule has 2 heterocycles. The highest BCUT2D eigenvalue weighted by molar-refractivity contribution is 7.99. The van der Waals surface area contributed by atoms with Gasteiger partial charge >= 0.3 is 0 Å². The van der Waals surface area contributed by atoms with Crippen molar-refractivity contribution in [3.8, 4) is 0 Å². The monoisotopic (exact) mass is 354 g/mol. The molecule has 2 rings (SSSR count). The summed E-state index contributed by atoms with van der Waals surface area (Å²) in [5.41, 5.74) is 0. The Bertz CT molecular complexity index is 651. The molecule has 126 valence electrons. The Hall–Kier alpha value is -1.48. The van der Waals surface area contributed by atoms with Crippen LogP contribution in [-0.4, -0.2) is 36.6 Å². The fraction of sp³-hybridized carbons (Fsp3) is 0.643. The van der Waals surface area contributed by atoms with E-state index in [-0.39, 0.29) is 11.7 Å². The highest BCUT2D eigenvalue weighted by atomic mass is 32.2. The van der Waals surface area contributed by atoms with Crippen molar-refractivity contribution >= 4 is 34.1 Å². The van der Waals surface area contributed by atoms with Gasteiger partial charge in [0.05, 0.1) is 5.75 Å². The maximum absolute atomic E-state index is 12.0. The van der Waals surface area contributed by atoms with Gasteiger partial charge in [0.25, 0.3) is 0 Å². The van der Waals surface area contributed by atoms with E-state index in [0.29, 0.717) is 11.0 Å². The van der Waals surface area contributed by atoms with Crippen molar-refractivity contribution < 1.29 is 4.79 Å². The molecule has 0 aliphatic rings. The summed E-state index contributed by atoms with van der Waals surface area (Å²) in [5.74, 6) is 1.45. The Morgan fingerprint density at radius 3 is 2.65 bits per heavy atom. The molecule has 0 saturated carbocycles. The molecule has 2 aromatic rings. The summed E-state index contributed by atoms with van der Waals surface area (Å²) >= 11 is 2.80. The average molecular weight is 355 g/mol. The molecule has 0 aliphatic heterocycles. The van der Waals surface area contributed by atoms with E-state index >= 15 is 0 Å². The van der Waals surface area contributed by atoms with Crippen LogP contribution in [0.3, 0.4) is 0 Å². The van der Waals surface area contributed by atoms with Gasteiger partial charge in [-0.1, -0.05) is 50.8 Å². The molecule has 0 unspecified atom stereocenters. The number of aromatic nitrogens is 5. The zero-order valence-corrected chi connectivity index (χ0v) is 15.5. The smallest absolute Gasteiger partial charge is 0.236 e. The highest BCUT2D eigenvalue weighted by Gasteiger charge is 2.16. The molecule has 1 N–H and O–H groups in total. The van der Waals surface area contributed by atoms with E-state index in [9.17, 15) is 4.79 Å². The van der Waals surface area contributed by atoms with Crippen molar-refractivity contribution in [2.75, 3.05) is 11.1 Å². The number of amides is 1. The Kier molecular flexibility index (Phi) is 6.52. The summed E-state index contributed by atoms with van der Waals surface area (Å²) in [7, 11) is 0. The maximum atomic E-state index is 12.0. The van der Waals surface area contributed by atoms with Gasteiger partial charge in [-0.15, -0.1) is 20.4 Å². The number of carbonyl (C=O) groups is 1. The molecule has 0 bridgehead atoms. The standard InChI is InChI=1S/C14H22N6OS2/c1-5-7-20-12(9(3)4)17-19-14(20)22-8-10(21)15-13-18-16-11(6-2)23-13/h9H,5-8H2,1-4H3,(H,15,18,21). The number of hydrogen-bond donors (Lipinski definition) is 1. The van der Waals surface area contributed by atoms with Gasteiger partial charge < -0.3 is 4.57 Å². The number of hydrogen-bond acceptors (Lipinski definition) is 7. The minimum absolute atomic E-state index is 0.106. The summed E-state index contributed by atoms with van der Waals surface area (Å²) in [6.07, 6.45) is 1.82. The van der Waals surface area contributed by atoms with Crippen LogP contribution < -0.4 is 5.32 Å². The summed E-state index contributed by atoms with van der Waals surface area (Å²) in [4.78, 5) is 12.0. The topological polar surface area (TPSA) is 85.6 Å². The van der Waals surface area contributed by atoms with Crippen molar-refractivity contribution in [2.24, 2.45) is 0 Å². The average Bonchev–Trinajstić information content (AvgIpc) is 3.12. The van der Waals surface area contributed by atoms with Crippen molar-refractivity contribution in [3.05, 3.63) is 10.8 Å². The molecule has 23 heavy (non-hydrogen) atoms. The quantitative estimate of drug-likeness (QED) is 0.734. The number of nitrogens with one attached hydrogen (secondary N) is 1. The second-order valence-corrected chi connectivity index (χ2v) is 7.34. The minimum atomic E-state index is -0.106.